The summed E-state index contributed by atoms with van der Waals surface area (Å²) in [5.41, 5.74) is 7.43. The first kappa shape index (κ1) is 21.8. The van der Waals surface area contributed by atoms with Crippen molar-refractivity contribution in [1.29, 1.82) is 0 Å². The smallest absolute Gasteiger partial charge is 0.300 e. The zero-order valence-corrected chi connectivity index (χ0v) is 20.5. The van der Waals surface area contributed by atoms with E-state index in [2.05, 4.69) is 37.5 Å². The second-order valence-corrected chi connectivity index (χ2v) is 10.2. The van der Waals surface area contributed by atoms with Crippen LogP contribution in [0.5, 0.6) is 0 Å². The fourth-order valence-corrected chi connectivity index (χ4v) is 5.68. The predicted octanol–water partition coefficient (Wildman–Crippen LogP) is 4.47. The van der Waals surface area contributed by atoms with Crippen molar-refractivity contribution in [2.45, 2.75) is 13.0 Å². The highest BCUT2D eigenvalue weighted by molar-refractivity contribution is 7.15. The van der Waals surface area contributed by atoms with E-state index in [1.807, 2.05) is 66.0 Å². The minimum Gasteiger partial charge on any atom is -0.300 e. The van der Waals surface area contributed by atoms with Crippen LogP contribution in [0, 0.1) is 0 Å². The van der Waals surface area contributed by atoms with Gasteiger partial charge in [-0.1, -0.05) is 60.7 Å². The zero-order valence-electron chi connectivity index (χ0n) is 18.9. The number of likely N-dealkylation sites (N-methyl/N-ethyl adjacent to an activating group) is 1. The minimum absolute atomic E-state index is 0.234. The molecule has 8 nitrogen and oxygen atoms in total. The molecule has 2 aliphatic heterocycles. The summed E-state index contributed by atoms with van der Waals surface area (Å²) >= 11 is 2.96. The second-order valence-electron chi connectivity index (χ2n) is 8.26. The monoisotopic (exact) mass is 499 g/mol. The number of anilines is 2. The van der Waals surface area contributed by atoms with Gasteiger partial charge in [-0.2, -0.15) is 15.2 Å². The molecule has 0 fully saturated rings. The van der Waals surface area contributed by atoms with Crippen LogP contribution in [0.3, 0.4) is 0 Å². The summed E-state index contributed by atoms with van der Waals surface area (Å²) in [6, 6.07) is 19.5. The van der Waals surface area contributed by atoms with E-state index >= 15 is 0 Å². The zero-order chi connectivity index (χ0) is 23.8. The van der Waals surface area contributed by atoms with E-state index < -0.39 is 0 Å². The quantitative estimate of drug-likeness (QED) is 0.410. The summed E-state index contributed by atoms with van der Waals surface area (Å²) in [6.45, 7) is 1.83. The van der Waals surface area contributed by atoms with Crippen LogP contribution >= 0.6 is 22.7 Å². The maximum absolute atomic E-state index is 13.5. The number of hydrogen-bond acceptors (Lipinski definition) is 9. The molecule has 1 amide bonds. The highest BCUT2D eigenvalue weighted by atomic mass is 32.1. The minimum atomic E-state index is -0.327. The van der Waals surface area contributed by atoms with Crippen LogP contribution in [0.4, 0.5) is 10.3 Å². The summed E-state index contributed by atoms with van der Waals surface area (Å²) in [6.07, 6.45) is 0.971. The summed E-state index contributed by atoms with van der Waals surface area (Å²) in [4.78, 5) is 26.3. The van der Waals surface area contributed by atoms with Gasteiger partial charge in [0, 0.05) is 34.5 Å². The lowest BCUT2D eigenvalue weighted by Crippen LogP contribution is -2.28. The molecule has 0 unspecified atom stereocenters. The van der Waals surface area contributed by atoms with Gasteiger partial charge in [0.2, 0.25) is 10.3 Å². The number of fused-ring (bicyclic) bond motifs is 1. The van der Waals surface area contributed by atoms with Crippen LogP contribution < -0.4 is 10.4 Å². The molecule has 35 heavy (non-hydrogen) atoms. The molecular formula is C25H21N7OS2. The van der Waals surface area contributed by atoms with Gasteiger partial charge in [-0.25, -0.2) is 9.97 Å². The van der Waals surface area contributed by atoms with Gasteiger partial charge >= 0.3 is 5.91 Å². The van der Waals surface area contributed by atoms with Crippen molar-refractivity contribution in [3.05, 3.63) is 82.2 Å². The fraction of sp³-hybridized carbons (Fsp3) is 0.160. The van der Waals surface area contributed by atoms with Gasteiger partial charge in [0.05, 0.1) is 11.4 Å². The third-order valence-corrected chi connectivity index (χ3v) is 7.67. The van der Waals surface area contributed by atoms with E-state index in [-0.39, 0.29) is 11.6 Å². The van der Waals surface area contributed by atoms with Gasteiger partial charge in [0.1, 0.15) is 5.71 Å². The van der Waals surface area contributed by atoms with E-state index in [4.69, 9.17) is 0 Å². The number of aromatic nitrogens is 2. The van der Waals surface area contributed by atoms with E-state index in [9.17, 15) is 4.79 Å². The molecule has 1 N–H and O–H groups in total. The molecule has 0 aliphatic carbocycles. The molecule has 0 saturated heterocycles. The molecule has 0 atom stereocenters. The molecule has 2 aliphatic rings. The molecule has 4 aromatic rings. The molecule has 0 saturated carbocycles. The number of rotatable bonds is 5. The third-order valence-electron chi connectivity index (χ3n) is 5.79. The molecule has 0 spiro atoms. The number of carbonyl (C=O) groups is 1. The highest BCUT2D eigenvalue weighted by Gasteiger charge is 2.36. The van der Waals surface area contributed by atoms with Crippen molar-refractivity contribution in [1.82, 2.24) is 14.9 Å². The maximum atomic E-state index is 13.5. The van der Waals surface area contributed by atoms with Gasteiger partial charge in [-0.3, -0.25) is 10.2 Å². The number of thiazole rings is 2. The number of nitrogens with one attached hydrogen (secondary N) is 1. The Balaban J connectivity index is 1.32. The number of nitrogens with zero attached hydrogens (tertiary/aromatic N) is 6. The maximum Gasteiger partial charge on any atom is 0.303 e. The van der Waals surface area contributed by atoms with Crippen LogP contribution in [0.2, 0.25) is 0 Å². The second kappa shape index (κ2) is 9.14. The summed E-state index contributed by atoms with van der Waals surface area (Å²) < 4.78 is 0. The van der Waals surface area contributed by atoms with E-state index in [0.29, 0.717) is 16.0 Å². The van der Waals surface area contributed by atoms with Gasteiger partial charge < -0.3 is 4.90 Å². The molecule has 4 heterocycles. The standard InChI is InChI=1S/C25H21N7OS2/c1-31-13-12-20-18(14-31)26-24(35-20)29-28-22-21(17-10-6-3-7-11-17)30-32(23(22)33)25-27-19(15-34-25)16-8-4-2-5-9-16/h2-11,15H,12-14H2,1H3,(H,26,29). The van der Waals surface area contributed by atoms with E-state index in [1.165, 1.54) is 21.2 Å². The van der Waals surface area contributed by atoms with E-state index in [0.717, 1.165) is 42.0 Å². The Hall–Kier alpha value is -3.73. The molecule has 174 valence electrons. The third kappa shape index (κ3) is 4.27. The van der Waals surface area contributed by atoms with Crippen LogP contribution in [-0.4, -0.2) is 45.8 Å². The first-order valence-electron chi connectivity index (χ1n) is 11.2. The topological polar surface area (TPSA) is 86.1 Å². The normalized spacial score (nSPS) is 17.1. The average Bonchev–Trinajstić information content (AvgIpc) is 3.61. The Bertz CT molecular complexity index is 1440. The van der Waals surface area contributed by atoms with Crippen molar-refractivity contribution >= 4 is 50.3 Å². The number of hydrazone groups is 2. The lowest BCUT2D eigenvalue weighted by atomic mass is 10.1. The average molecular weight is 500 g/mol. The van der Waals surface area contributed by atoms with Crippen molar-refractivity contribution in [2.24, 2.45) is 10.2 Å². The molecule has 0 radical (unpaired) electrons. The lowest BCUT2D eigenvalue weighted by molar-refractivity contribution is -0.112. The number of amides is 1. The Labute approximate surface area is 210 Å². The Morgan fingerprint density at radius 1 is 1.00 bits per heavy atom. The molecule has 2 aromatic carbocycles. The van der Waals surface area contributed by atoms with Crippen molar-refractivity contribution in [2.75, 3.05) is 24.0 Å². The summed E-state index contributed by atoms with van der Waals surface area (Å²) in [7, 11) is 2.09. The van der Waals surface area contributed by atoms with Crippen LogP contribution in [-0.2, 0) is 17.8 Å². The molecular weight excluding hydrogens is 478 g/mol. The van der Waals surface area contributed by atoms with Gasteiger partial charge in [0.25, 0.3) is 0 Å². The van der Waals surface area contributed by atoms with Crippen molar-refractivity contribution < 1.29 is 4.79 Å². The molecule has 0 bridgehead atoms. The molecule has 10 heteroatoms. The number of benzene rings is 2. The SMILES string of the molecule is CN1CCc2sc(NN=C3C(=O)N(c4nc(-c5ccccc5)cs4)N=C3c3ccccc3)nc2C1. The summed E-state index contributed by atoms with van der Waals surface area (Å²) in [5, 5.41) is 13.6. The van der Waals surface area contributed by atoms with Crippen molar-refractivity contribution in [3.63, 3.8) is 0 Å². The lowest BCUT2D eigenvalue weighted by Gasteiger charge is -2.20. The van der Waals surface area contributed by atoms with Crippen molar-refractivity contribution in [3.8, 4) is 11.3 Å². The Morgan fingerprint density at radius 3 is 2.51 bits per heavy atom. The van der Waals surface area contributed by atoms with E-state index in [1.54, 1.807) is 11.3 Å². The number of carbonyl (C=O) groups excluding carboxylic acids is 1. The predicted molar refractivity (Wildman–Crippen MR) is 141 cm³/mol. The Kier molecular flexibility index (Phi) is 5.69. The van der Waals surface area contributed by atoms with Gasteiger partial charge in [0.15, 0.2) is 5.71 Å². The first-order chi connectivity index (χ1) is 17.2. The largest absolute Gasteiger partial charge is 0.303 e. The van der Waals surface area contributed by atoms with Crippen LogP contribution in [0.1, 0.15) is 16.1 Å². The fourth-order valence-electron chi connectivity index (χ4n) is 4.00. The first-order valence-corrected chi connectivity index (χ1v) is 12.9. The van der Waals surface area contributed by atoms with Gasteiger partial charge in [-0.05, 0) is 13.5 Å². The summed E-state index contributed by atoms with van der Waals surface area (Å²) in [5.74, 6) is -0.327. The number of hydrogen-bond donors (Lipinski definition) is 1. The van der Waals surface area contributed by atoms with Gasteiger partial charge in [-0.15, -0.1) is 22.7 Å². The molecule has 2 aromatic heterocycles. The molecule has 6 rings (SSSR count). The van der Waals surface area contributed by atoms with Crippen LogP contribution in [0.25, 0.3) is 11.3 Å². The van der Waals surface area contributed by atoms with Crippen LogP contribution in [0.15, 0.2) is 76.2 Å². The Morgan fingerprint density at radius 2 is 1.74 bits per heavy atom. The highest BCUT2D eigenvalue weighted by Crippen LogP contribution is 2.31.